The number of hydrazine groups is 1. The molecule has 1 heterocycles. The Hall–Kier alpha value is -1.43. The molecular formula is C16H20BrN3O. The van der Waals surface area contributed by atoms with E-state index in [9.17, 15) is 0 Å². The Bertz CT molecular complexity index is 563. The zero-order valence-corrected chi connectivity index (χ0v) is 13.6. The minimum absolute atomic E-state index is 0.210. The summed E-state index contributed by atoms with van der Waals surface area (Å²) in [5.41, 5.74) is 5.37. The summed E-state index contributed by atoms with van der Waals surface area (Å²) >= 11 is 3.58. The summed E-state index contributed by atoms with van der Waals surface area (Å²) in [5, 5.41) is 0. The van der Waals surface area contributed by atoms with Crippen molar-refractivity contribution in [3.63, 3.8) is 0 Å². The molecule has 4 nitrogen and oxygen atoms in total. The lowest BCUT2D eigenvalue weighted by molar-refractivity contribution is 0.413. The number of halogens is 1. The van der Waals surface area contributed by atoms with Gasteiger partial charge in [-0.3, -0.25) is 16.3 Å². The van der Waals surface area contributed by atoms with E-state index < -0.39 is 0 Å². The Morgan fingerprint density at radius 2 is 2.05 bits per heavy atom. The lowest BCUT2D eigenvalue weighted by Crippen LogP contribution is -2.37. The number of aromatic nitrogens is 1. The van der Waals surface area contributed by atoms with Crippen LogP contribution in [0.2, 0.25) is 0 Å². The molecule has 5 heteroatoms. The maximum Gasteiger partial charge on any atom is 0.119 e. The van der Waals surface area contributed by atoms with Crippen molar-refractivity contribution < 1.29 is 4.74 Å². The second-order valence-electron chi connectivity index (χ2n) is 4.92. The number of nitrogens with one attached hydrogen (secondary N) is 1. The number of nitrogens with two attached hydrogens (primary N) is 1. The van der Waals surface area contributed by atoms with Crippen LogP contribution in [0.5, 0.6) is 5.75 Å². The van der Waals surface area contributed by atoms with Gasteiger partial charge in [0.15, 0.2) is 0 Å². The number of hydrogen-bond donors (Lipinski definition) is 2. The molecule has 0 bridgehead atoms. The molecule has 0 saturated carbocycles. The molecule has 21 heavy (non-hydrogen) atoms. The van der Waals surface area contributed by atoms with Gasteiger partial charge in [0.05, 0.1) is 7.11 Å². The van der Waals surface area contributed by atoms with Crippen LogP contribution in [0, 0.1) is 0 Å². The summed E-state index contributed by atoms with van der Waals surface area (Å²) in [5.74, 6) is 6.56. The lowest BCUT2D eigenvalue weighted by atomic mass is 10.00. The van der Waals surface area contributed by atoms with Crippen molar-refractivity contribution in [1.29, 1.82) is 0 Å². The van der Waals surface area contributed by atoms with Crippen molar-refractivity contribution in [2.45, 2.75) is 25.3 Å². The van der Waals surface area contributed by atoms with Crippen molar-refractivity contribution in [2.24, 2.45) is 5.84 Å². The molecule has 0 aliphatic carbocycles. The maximum absolute atomic E-state index is 5.70. The molecule has 1 atom stereocenters. The molecule has 0 spiro atoms. The van der Waals surface area contributed by atoms with Gasteiger partial charge < -0.3 is 4.74 Å². The molecule has 0 fully saturated rings. The molecule has 0 amide bonds. The van der Waals surface area contributed by atoms with E-state index in [1.807, 2.05) is 42.7 Å². The van der Waals surface area contributed by atoms with Gasteiger partial charge in [-0.2, -0.15) is 0 Å². The zero-order chi connectivity index (χ0) is 15.1. The van der Waals surface area contributed by atoms with Gasteiger partial charge >= 0.3 is 0 Å². The third kappa shape index (κ3) is 4.81. The predicted molar refractivity (Wildman–Crippen MR) is 88.1 cm³/mol. The van der Waals surface area contributed by atoms with Crippen LogP contribution >= 0.6 is 15.9 Å². The highest BCUT2D eigenvalue weighted by Crippen LogP contribution is 2.24. The minimum atomic E-state index is 0.210. The fourth-order valence-corrected chi connectivity index (χ4v) is 2.64. The third-order valence-electron chi connectivity index (χ3n) is 3.49. The number of methoxy groups -OCH3 is 1. The van der Waals surface area contributed by atoms with Crippen LogP contribution in [0.1, 0.15) is 17.5 Å². The zero-order valence-electron chi connectivity index (χ0n) is 12.1. The fraction of sp³-hybridized carbons (Fsp3) is 0.312. The first-order valence-electron chi connectivity index (χ1n) is 6.90. The first-order valence-corrected chi connectivity index (χ1v) is 7.69. The lowest BCUT2D eigenvalue weighted by Gasteiger charge is -2.17. The smallest absolute Gasteiger partial charge is 0.119 e. The monoisotopic (exact) mass is 349 g/mol. The standard InChI is InChI=1S/C16H20BrN3O/c1-21-15-4-5-16(17)13(11-15)10-14(20-18)3-2-12-6-8-19-9-7-12/h4-9,11,14,20H,2-3,10,18H2,1H3. The third-order valence-corrected chi connectivity index (χ3v) is 4.26. The highest BCUT2D eigenvalue weighted by atomic mass is 79.9. The SMILES string of the molecule is COc1ccc(Br)c(CC(CCc2ccncc2)NN)c1. The molecule has 0 aliphatic rings. The van der Waals surface area contributed by atoms with Crippen molar-refractivity contribution in [3.05, 3.63) is 58.3 Å². The second-order valence-corrected chi connectivity index (χ2v) is 5.77. The van der Waals surface area contributed by atoms with Crippen LogP contribution in [0.25, 0.3) is 0 Å². The molecule has 1 aromatic heterocycles. The van der Waals surface area contributed by atoms with E-state index in [1.165, 1.54) is 11.1 Å². The van der Waals surface area contributed by atoms with Gasteiger partial charge in [-0.25, -0.2) is 0 Å². The van der Waals surface area contributed by atoms with E-state index in [1.54, 1.807) is 7.11 Å². The van der Waals surface area contributed by atoms with Gasteiger partial charge in [-0.15, -0.1) is 0 Å². The van der Waals surface area contributed by atoms with E-state index in [0.717, 1.165) is 29.5 Å². The molecule has 1 unspecified atom stereocenters. The summed E-state index contributed by atoms with van der Waals surface area (Å²) < 4.78 is 6.35. The number of hydrogen-bond acceptors (Lipinski definition) is 4. The minimum Gasteiger partial charge on any atom is -0.497 e. The number of benzene rings is 1. The summed E-state index contributed by atoms with van der Waals surface area (Å²) in [6.45, 7) is 0. The second kappa shape index (κ2) is 8.12. The molecule has 0 aliphatic heterocycles. The Labute approximate surface area is 133 Å². The van der Waals surface area contributed by atoms with Gasteiger partial charge in [0, 0.05) is 22.9 Å². The van der Waals surface area contributed by atoms with Crippen LogP contribution in [-0.2, 0) is 12.8 Å². The summed E-state index contributed by atoms with van der Waals surface area (Å²) in [4.78, 5) is 4.03. The molecule has 1 aromatic carbocycles. The highest BCUT2D eigenvalue weighted by molar-refractivity contribution is 9.10. The van der Waals surface area contributed by atoms with E-state index >= 15 is 0 Å². The van der Waals surface area contributed by atoms with E-state index in [4.69, 9.17) is 10.6 Å². The van der Waals surface area contributed by atoms with E-state index in [0.29, 0.717) is 0 Å². The number of ether oxygens (including phenoxy) is 1. The topological polar surface area (TPSA) is 60.2 Å². The predicted octanol–water partition coefficient (Wildman–Crippen LogP) is 2.86. The highest BCUT2D eigenvalue weighted by Gasteiger charge is 2.11. The average molecular weight is 350 g/mol. The molecule has 112 valence electrons. The molecule has 3 N–H and O–H groups in total. The van der Waals surface area contributed by atoms with Crippen LogP contribution < -0.4 is 16.0 Å². The maximum atomic E-state index is 5.70. The first kappa shape index (κ1) is 15.9. The normalized spacial score (nSPS) is 12.1. The number of aryl methyl sites for hydroxylation is 1. The van der Waals surface area contributed by atoms with Crippen LogP contribution in [-0.4, -0.2) is 18.1 Å². The van der Waals surface area contributed by atoms with Crippen molar-refractivity contribution in [2.75, 3.05) is 7.11 Å². The van der Waals surface area contributed by atoms with Crippen LogP contribution in [0.3, 0.4) is 0 Å². The van der Waals surface area contributed by atoms with Gasteiger partial charge in [0.25, 0.3) is 0 Å². The molecule has 2 aromatic rings. The largest absolute Gasteiger partial charge is 0.497 e. The summed E-state index contributed by atoms with van der Waals surface area (Å²) in [6, 6.07) is 10.3. The molecule has 0 radical (unpaired) electrons. The van der Waals surface area contributed by atoms with Gasteiger partial charge in [0.2, 0.25) is 0 Å². The Morgan fingerprint density at radius 1 is 1.29 bits per heavy atom. The molecular weight excluding hydrogens is 330 g/mol. The Morgan fingerprint density at radius 3 is 2.71 bits per heavy atom. The molecule has 0 saturated heterocycles. The van der Waals surface area contributed by atoms with E-state index in [-0.39, 0.29) is 6.04 Å². The number of nitrogens with zero attached hydrogens (tertiary/aromatic N) is 1. The van der Waals surface area contributed by atoms with Crippen molar-refractivity contribution >= 4 is 15.9 Å². The van der Waals surface area contributed by atoms with Gasteiger partial charge in [-0.05, 0) is 60.7 Å². The molecule has 2 rings (SSSR count). The van der Waals surface area contributed by atoms with Crippen LogP contribution in [0.4, 0.5) is 0 Å². The average Bonchev–Trinajstić information content (AvgIpc) is 2.54. The van der Waals surface area contributed by atoms with E-state index in [2.05, 4.69) is 26.3 Å². The first-order chi connectivity index (χ1) is 10.2. The Kier molecular flexibility index (Phi) is 6.17. The van der Waals surface area contributed by atoms with Gasteiger partial charge in [-0.1, -0.05) is 15.9 Å². The van der Waals surface area contributed by atoms with Crippen LogP contribution in [0.15, 0.2) is 47.2 Å². The summed E-state index contributed by atoms with van der Waals surface area (Å²) in [7, 11) is 1.68. The van der Waals surface area contributed by atoms with Crippen molar-refractivity contribution in [1.82, 2.24) is 10.4 Å². The van der Waals surface area contributed by atoms with Crippen molar-refractivity contribution in [3.8, 4) is 5.75 Å². The Balaban J connectivity index is 1.99. The van der Waals surface area contributed by atoms with Gasteiger partial charge in [0.1, 0.15) is 5.75 Å². The number of rotatable bonds is 7. The fourth-order valence-electron chi connectivity index (χ4n) is 2.23. The number of pyridine rings is 1. The quantitative estimate of drug-likeness (QED) is 0.596. The summed E-state index contributed by atoms with van der Waals surface area (Å²) in [6.07, 6.45) is 6.42.